The van der Waals surface area contributed by atoms with E-state index < -0.39 is 0 Å². The van der Waals surface area contributed by atoms with Crippen molar-refractivity contribution in [1.29, 1.82) is 0 Å². The van der Waals surface area contributed by atoms with Crippen LogP contribution in [0.5, 0.6) is 0 Å². The Morgan fingerprint density at radius 1 is 1.37 bits per heavy atom. The molecule has 2 rings (SSSR count). The summed E-state index contributed by atoms with van der Waals surface area (Å²) in [6.07, 6.45) is 1.40. The number of aromatic nitrogens is 2. The molecule has 1 amide bonds. The summed E-state index contributed by atoms with van der Waals surface area (Å²) in [5.41, 5.74) is 2.69. The van der Waals surface area contributed by atoms with Gasteiger partial charge in [-0.3, -0.25) is 4.79 Å². The van der Waals surface area contributed by atoms with E-state index in [2.05, 4.69) is 36.1 Å². The Hall–Kier alpha value is -1.84. The van der Waals surface area contributed by atoms with Crippen LogP contribution < -0.4 is 5.32 Å². The molecule has 0 saturated heterocycles. The Morgan fingerprint density at radius 3 is 2.74 bits per heavy atom. The van der Waals surface area contributed by atoms with Gasteiger partial charge in [-0.2, -0.15) is 0 Å². The molecule has 4 nitrogen and oxygen atoms in total. The number of amides is 1. The Bertz CT molecular complexity index is 593. The highest BCUT2D eigenvalue weighted by Crippen LogP contribution is 2.24. The van der Waals surface area contributed by atoms with Crippen molar-refractivity contribution in [2.75, 3.05) is 5.32 Å². The number of hydrogen-bond donors (Lipinski definition) is 2. The van der Waals surface area contributed by atoms with Crippen LogP contribution in [0, 0.1) is 0 Å². The molecular weight excluding hydrogens is 238 g/mol. The van der Waals surface area contributed by atoms with Gasteiger partial charge in [-0.1, -0.05) is 27.7 Å². The number of nitrogens with zero attached hydrogens (tertiary/aromatic N) is 1. The van der Waals surface area contributed by atoms with Crippen LogP contribution in [0.1, 0.15) is 46.4 Å². The average Bonchev–Trinajstić information content (AvgIpc) is 2.71. The van der Waals surface area contributed by atoms with Crippen molar-refractivity contribution < 1.29 is 4.79 Å². The lowest BCUT2D eigenvalue weighted by molar-refractivity contribution is -0.116. The molecule has 0 saturated carbocycles. The van der Waals surface area contributed by atoms with Crippen molar-refractivity contribution in [3.8, 4) is 0 Å². The van der Waals surface area contributed by atoms with E-state index in [9.17, 15) is 4.79 Å². The number of anilines is 1. The van der Waals surface area contributed by atoms with Crippen molar-refractivity contribution in [1.82, 2.24) is 9.97 Å². The third-order valence-electron chi connectivity index (χ3n) is 2.95. The van der Waals surface area contributed by atoms with Gasteiger partial charge in [0.05, 0.1) is 11.0 Å². The third kappa shape index (κ3) is 3.13. The van der Waals surface area contributed by atoms with E-state index in [1.54, 1.807) is 0 Å². The number of H-pyrrole nitrogens is 1. The molecule has 0 bridgehead atoms. The second-order valence-electron chi connectivity index (χ2n) is 5.87. The first-order valence-corrected chi connectivity index (χ1v) is 6.70. The Kier molecular flexibility index (Phi) is 3.60. The quantitative estimate of drug-likeness (QED) is 0.884. The summed E-state index contributed by atoms with van der Waals surface area (Å²) in [7, 11) is 0. The number of hydrogen-bond acceptors (Lipinski definition) is 2. The number of imidazole rings is 1. The topological polar surface area (TPSA) is 57.8 Å². The fourth-order valence-electron chi connectivity index (χ4n) is 1.89. The molecule has 0 aliphatic carbocycles. The summed E-state index contributed by atoms with van der Waals surface area (Å²) in [6.45, 7) is 8.35. The lowest BCUT2D eigenvalue weighted by atomic mass is 9.96. The molecule has 0 spiro atoms. The van der Waals surface area contributed by atoms with Crippen molar-refractivity contribution in [2.45, 2.75) is 46.0 Å². The smallest absolute Gasteiger partial charge is 0.224 e. The van der Waals surface area contributed by atoms with Crippen LogP contribution in [0.4, 0.5) is 5.69 Å². The zero-order valence-corrected chi connectivity index (χ0v) is 12.0. The minimum Gasteiger partial charge on any atom is -0.341 e. The third-order valence-corrected chi connectivity index (χ3v) is 2.95. The van der Waals surface area contributed by atoms with Gasteiger partial charge < -0.3 is 10.3 Å². The van der Waals surface area contributed by atoms with Gasteiger partial charge in [-0.15, -0.1) is 0 Å². The molecule has 2 N–H and O–H groups in total. The Morgan fingerprint density at radius 2 is 2.11 bits per heavy atom. The maximum atomic E-state index is 11.6. The van der Waals surface area contributed by atoms with Crippen LogP contribution >= 0.6 is 0 Å². The maximum absolute atomic E-state index is 11.6. The number of rotatable bonds is 3. The monoisotopic (exact) mass is 259 g/mol. The van der Waals surface area contributed by atoms with Crippen LogP contribution in [0.15, 0.2) is 18.2 Å². The number of carbonyl (C=O) groups excluding carboxylic acids is 1. The van der Waals surface area contributed by atoms with E-state index >= 15 is 0 Å². The fourth-order valence-corrected chi connectivity index (χ4v) is 1.89. The highest BCUT2D eigenvalue weighted by Gasteiger charge is 2.18. The largest absolute Gasteiger partial charge is 0.341 e. The number of fused-ring (bicyclic) bond motifs is 1. The van der Waals surface area contributed by atoms with Gasteiger partial charge in [-0.05, 0) is 24.6 Å². The lowest BCUT2D eigenvalue weighted by Crippen LogP contribution is -2.12. The Balaban J connectivity index is 2.28. The van der Waals surface area contributed by atoms with Crippen LogP contribution in [-0.4, -0.2) is 15.9 Å². The van der Waals surface area contributed by atoms with Gasteiger partial charge in [0.25, 0.3) is 0 Å². The van der Waals surface area contributed by atoms with Crippen molar-refractivity contribution >= 4 is 22.6 Å². The predicted molar refractivity (Wildman–Crippen MR) is 78.3 cm³/mol. The molecule has 1 aromatic heterocycles. The number of nitrogens with one attached hydrogen (secondary N) is 2. The number of benzene rings is 1. The van der Waals surface area contributed by atoms with Gasteiger partial charge in [-0.25, -0.2) is 4.98 Å². The highest BCUT2D eigenvalue weighted by atomic mass is 16.1. The zero-order valence-electron chi connectivity index (χ0n) is 12.0. The summed E-state index contributed by atoms with van der Waals surface area (Å²) in [5.74, 6) is 1.01. The van der Waals surface area contributed by atoms with Crippen LogP contribution in [-0.2, 0) is 10.2 Å². The molecule has 1 heterocycles. The molecule has 0 aliphatic rings. The summed E-state index contributed by atoms with van der Waals surface area (Å²) in [4.78, 5) is 19.5. The summed E-state index contributed by atoms with van der Waals surface area (Å²) >= 11 is 0. The molecule has 102 valence electrons. The summed E-state index contributed by atoms with van der Waals surface area (Å²) in [5, 5.41) is 2.90. The van der Waals surface area contributed by atoms with Gasteiger partial charge in [0.1, 0.15) is 5.82 Å². The summed E-state index contributed by atoms with van der Waals surface area (Å²) < 4.78 is 0. The fraction of sp³-hybridized carbons (Fsp3) is 0.467. The van der Waals surface area contributed by atoms with Gasteiger partial charge in [0.15, 0.2) is 0 Å². The molecule has 0 aliphatic heterocycles. The number of carbonyl (C=O) groups is 1. The lowest BCUT2D eigenvalue weighted by Gasteiger charge is -2.13. The van der Waals surface area contributed by atoms with Crippen LogP contribution in [0.25, 0.3) is 11.0 Å². The first-order chi connectivity index (χ1) is 8.90. The average molecular weight is 259 g/mol. The van der Waals surface area contributed by atoms with Crippen molar-refractivity contribution in [3.63, 3.8) is 0 Å². The van der Waals surface area contributed by atoms with Crippen molar-refractivity contribution in [3.05, 3.63) is 24.0 Å². The van der Waals surface area contributed by atoms with Crippen LogP contribution in [0.2, 0.25) is 0 Å². The first kappa shape index (κ1) is 13.6. The Labute approximate surface area is 113 Å². The van der Waals surface area contributed by atoms with E-state index in [4.69, 9.17) is 0 Å². The standard InChI is InChI=1S/C15H21N3O/c1-5-6-13(19)16-10-7-8-11-12(9-10)18-14(17-11)15(2,3)4/h7-9H,5-6H2,1-4H3,(H,16,19)(H,17,18). The summed E-state index contributed by atoms with van der Waals surface area (Å²) in [6, 6.07) is 5.76. The minimum atomic E-state index is -0.00928. The molecule has 0 unspecified atom stereocenters. The van der Waals surface area contributed by atoms with Gasteiger partial charge in [0.2, 0.25) is 5.91 Å². The van der Waals surface area contributed by atoms with Gasteiger partial charge in [0, 0.05) is 17.5 Å². The SMILES string of the molecule is CCCC(=O)Nc1ccc2nc(C(C)(C)C)[nH]c2c1. The first-order valence-electron chi connectivity index (χ1n) is 6.70. The predicted octanol–water partition coefficient (Wildman–Crippen LogP) is 3.60. The molecule has 1 aromatic carbocycles. The second-order valence-corrected chi connectivity index (χ2v) is 5.87. The molecule has 0 fully saturated rings. The molecular formula is C15H21N3O. The molecule has 4 heteroatoms. The minimum absolute atomic E-state index is 0.00928. The molecule has 2 aromatic rings. The molecule has 19 heavy (non-hydrogen) atoms. The highest BCUT2D eigenvalue weighted by molar-refractivity contribution is 5.93. The van der Waals surface area contributed by atoms with Gasteiger partial charge >= 0.3 is 0 Å². The van der Waals surface area contributed by atoms with Crippen LogP contribution in [0.3, 0.4) is 0 Å². The number of aromatic amines is 1. The molecule has 0 radical (unpaired) electrons. The second kappa shape index (κ2) is 5.03. The van der Waals surface area contributed by atoms with Crippen molar-refractivity contribution in [2.24, 2.45) is 0 Å². The maximum Gasteiger partial charge on any atom is 0.224 e. The normalized spacial score (nSPS) is 11.8. The van der Waals surface area contributed by atoms with E-state index in [1.165, 1.54) is 0 Å². The van der Waals surface area contributed by atoms with E-state index in [1.807, 2.05) is 25.1 Å². The van der Waals surface area contributed by atoms with E-state index in [0.717, 1.165) is 29.0 Å². The van der Waals surface area contributed by atoms with E-state index in [-0.39, 0.29) is 11.3 Å². The molecule has 0 atom stereocenters. The zero-order chi connectivity index (χ0) is 14.0. The van der Waals surface area contributed by atoms with E-state index in [0.29, 0.717) is 6.42 Å².